The van der Waals surface area contributed by atoms with Crippen LogP contribution >= 0.6 is 0 Å². The highest BCUT2D eigenvalue weighted by Gasteiger charge is 2.28. The molecular weight excluding hydrogens is 233 g/mol. The summed E-state index contributed by atoms with van der Waals surface area (Å²) < 4.78 is 13.8. The van der Waals surface area contributed by atoms with Crippen LogP contribution in [0.3, 0.4) is 0 Å². The molecule has 1 aromatic carbocycles. The number of aromatic carboxylic acids is 1. The Hall–Kier alpha value is -1.42. The van der Waals surface area contributed by atoms with Gasteiger partial charge in [-0.3, -0.25) is 4.90 Å². The Kier molecular flexibility index (Phi) is 3.97. The van der Waals surface area contributed by atoms with Crippen LogP contribution in [0, 0.1) is 5.82 Å². The van der Waals surface area contributed by atoms with Gasteiger partial charge in [0.05, 0.1) is 5.56 Å². The highest BCUT2D eigenvalue weighted by atomic mass is 19.1. The summed E-state index contributed by atoms with van der Waals surface area (Å²) in [6, 6.07) is 4.75. The molecule has 1 saturated carbocycles. The van der Waals surface area contributed by atoms with Crippen LogP contribution in [0.2, 0.25) is 0 Å². The van der Waals surface area contributed by atoms with Crippen molar-refractivity contribution in [3.05, 3.63) is 35.1 Å². The van der Waals surface area contributed by atoms with Crippen LogP contribution in [0.1, 0.15) is 42.1 Å². The molecule has 0 aliphatic heterocycles. The van der Waals surface area contributed by atoms with Crippen LogP contribution in [-0.2, 0) is 6.54 Å². The van der Waals surface area contributed by atoms with E-state index in [2.05, 4.69) is 11.8 Å². The van der Waals surface area contributed by atoms with E-state index >= 15 is 0 Å². The van der Waals surface area contributed by atoms with Crippen molar-refractivity contribution in [2.75, 3.05) is 6.54 Å². The van der Waals surface area contributed by atoms with E-state index in [1.807, 2.05) is 0 Å². The number of nitrogens with zero attached hydrogens (tertiary/aromatic N) is 1. The fourth-order valence-electron chi connectivity index (χ4n) is 2.14. The lowest BCUT2D eigenvalue weighted by Crippen LogP contribution is -2.26. The zero-order valence-corrected chi connectivity index (χ0v) is 10.5. The smallest absolute Gasteiger partial charge is 0.335 e. The summed E-state index contributed by atoms with van der Waals surface area (Å²) in [5, 5.41) is 8.79. The molecule has 0 unspecified atom stereocenters. The van der Waals surface area contributed by atoms with Gasteiger partial charge in [0.15, 0.2) is 0 Å². The summed E-state index contributed by atoms with van der Waals surface area (Å²) in [7, 11) is 0. The minimum Gasteiger partial charge on any atom is -0.478 e. The monoisotopic (exact) mass is 251 g/mol. The van der Waals surface area contributed by atoms with Gasteiger partial charge in [0.2, 0.25) is 0 Å². The number of halogens is 1. The van der Waals surface area contributed by atoms with Crippen molar-refractivity contribution in [2.24, 2.45) is 0 Å². The van der Waals surface area contributed by atoms with E-state index in [4.69, 9.17) is 5.11 Å². The number of hydrogen-bond donors (Lipinski definition) is 1. The van der Waals surface area contributed by atoms with Gasteiger partial charge in [-0.25, -0.2) is 9.18 Å². The zero-order valence-electron chi connectivity index (χ0n) is 10.5. The maximum atomic E-state index is 13.8. The molecule has 0 aromatic heterocycles. The third-order valence-corrected chi connectivity index (χ3v) is 3.25. The zero-order chi connectivity index (χ0) is 13.1. The third kappa shape index (κ3) is 3.07. The average molecular weight is 251 g/mol. The summed E-state index contributed by atoms with van der Waals surface area (Å²) in [5.41, 5.74) is 0.588. The Morgan fingerprint density at radius 2 is 2.22 bits per heavy atom. The molecule has 0 amide bonds. The lowest BCUT2D eigenvalue weighted by atomic mass is 10.1. The largest absolute Gasteiger partial charge is 0.478 e. The van der Waals surface area contributed by atoms with Crippen molar-refractivity contribution in [3.63, 3.8) is 0 Å². The molecule has 3 nitrogen and oxygen atoms in total. The van der Waals surface area contributed by atoms with Crippen molar-refractivity contribution < 1.29 is 14.3 Å². The number of rotatable bonds is 6. The Bertz CT molecular complexity index is 443. The summed E-state index contributed by atoms with van der Waals surface area (Å²) in [5.74, 6) is -1.51. The van der Waals surface area contributed by atoms with Crippen molar-refractivity contribution >= 4 is 5.97 Å². The maximum absolute atomic E-state index is 13.8. The second-order valence-corrected chi connectivity index (χ2v) is 4.81. The van der Waals surface area contributed by atoms with Crippen LogP contribution in [0.15, 0.2) is 18.2 Å². The summed E-state index contributed by atoms with van der Waals surface area (Å²) in [4.78, 5) is 13.0. The van der Waals surface area contributed by atoms with Crippen LogP contribution in [0.4, 0.5) is 4.39 Å². The molecule has 1 aromatic rings. The second kappa shape index (κ2) is 5.48. The number of hydrogen-bond acceptors (Lipinski definition) is 2. The number of benzene rings is 1. The molecule has 0 bridgehead atoms. The molecular formula is C14H18FNO2. The quantitative estimate of drug-likeness (QED) is 0.845. The lowest BCUT2D eigenvalue weighted by Gasteiger charge is -2.21. The molecule has 1 aliphatic carbocycles. The Balaban J connectivity index is 2.10. The fraction of sp³-hybridized carbons (Fsp3) is 0.500. The molecule has 1 fully saturated rings. The van der Waals surface area contributed by atoms with Gasteiger partial charge in [-0.2, -0.15) is 0 Å². The second-order valence-electron chi connectivity index (χ2n) is 4.81. The number of carboxylic acid groups (broad SMARTS) is 1. The molecule has 1 N–H and O–H groups in total. The standard InChI is InChI=1S/C14H18FNO2/c1-2-7-16(12-5-6-12)9-11-4-3-10(14(17)18)8-13(11)15/h3-4,8,12H,2,5-7,9H2,1H3,(H,17,18). The Labute approximate surface area is 106 Å². The predicted octanol–water partition coefficient (Wildman–Crippen LogP) is 2.90. The van der Waals surface area contributed by atoms with Crippen molar-refractivity contribution in [1.82, 2.24) is 4.90 Å². The minimum atomic E-state index is -1.09. The molecule has 0 radical (unpaired) electrons. The normalized spacial score (nSPS) is 15.1. The van der Waals surface area contributed by atoms with Gasteiger partial charge < -0.3 is 5.11 Å². The molecule has 2 rings (SSSR count). The van der Waals surface area contributed by atoms with Crippen molar-refractivity contribution in [3.8, 4) is 0 Å². The van der Waals surface area contributed by atoms with Gasteiger partial charge >= 0.3 is 5.97 Å². The summed E-state index contributed by atoms with van der Waals surface area (Å²) >= 11 is 0. The van der Waals surface area contributed by atoms with Crippen LogP contribution in [0.25, 0.3) is 0 Å². The maximum Gasteiger partial charge on any atom is 0.335 e. The molecule has 98 valence electrons. The number of carboxylic acids is 1. The molecule has 18 heavy (non-hydrogen) atoms. The Morgan fingerprint density at radius 1 is 1.50 bits per heavy atom. The highest BCUT2D eigenvalue weighted by Crippen LogP contribution is 2.28. The van der Waals surface area contributed by atoms with E-state index < -0.39 is 11.8 Å². The first-order valence-electron chi connectivity index (χ1n) is 6.37. The van der Waals surface area contributed by atoms with Gasteiger partial charge in [0, 0.05) is 18.2 Å². The van der Waals surface area contributed by atoms with Gasteiger partial charge in [0.25, 0.3) is 0 Å². The van der Waals surface area contributed by atoms with Gasteiger partial charge in [-0.1, -0.05) is 13.0 Å². The molecule has 0 heterocycles. The lowest BCUT2D eigenvalue weighted by molar-refractivity contribution is 0.0696. The molecule has 0 spiro atoms. The first-order valence-corrected chi connectivity index (χ1v) is 6.37. The first kappa shape index (κ1) is 13.0. The first-order chi connectivity index (χ1) is 8.61. The highest BCUT2D eigenvalue weighted by molar-refractivity contribution is 5.87. The van der Waals surface area contributed by atoms with Gasteiger partial charge in [-0.15, -0.1) is 0 Å². The van der Waals surface area contributed by atoms with E-state index in [-0.39, 0.29) is 5.56 Å². The summed E-state index contributed by atoms with van der Waals surface area (Å²) in [6.45, 7) is 3.65. The van der Waals surface area contributed by atoms with Gasteiger partial charge in [0.1, 0.15) is 5.82 Å². The molecule has 0 saturated heterocycles. The van der Waals surface area contributed by atoms with Gasteiger partial charge in [-0.05, 0) is 37.9 Å². The van der Waals surface area contributed by atoms with Crippen molar-refractivity contribution in [2.45, 2.75) is 38.8 Å². The van der Waals surface area contributed by atoms with E-state index in [1.165, 1.54) is 18.9 Å². The van der Waals surface area contributed by atoms with Crippen LogP contribution in [-0.4, -0.2) is 28.6 Å². The summed E-state index contributed by atoms with van der Waals surface area (Å²) in [6.07, 6.45) is 3.43. The SMILES string of the molecule is CCCN(Cc1ccc(C(=O)O)cc1F)C1CC1. The van der Waals surface area contributed by atoms with E-state index in [1.54, 1.807) is 6.07 Å². The molecule has 4 heteroatoms. The van der Waals surface area contributed by atoms with Crippen LogP contribution < -0.4 is 0 Å². The van der Waals surface area contributed by atoms with E-state index in [0.717, 1.165) is 19.0 Å². The molecule has 1 aliphatic rings. The third-order valence-electron chi connectivity index (χ3n) is 3.25. The average Bonchev–Trinajstić information content (AvgIpc) is 3.14. The van der Waals surface area contributed by atoms with E-state index in [0.29, 0.717) is 18.2 Å². The Morgan fingerprint density at radius 3 is 2.72 bits per heavy atom. The van der Waals surface area contributed by atoms with Crippen LogP contribution in [0.5, 0.6) is 0 Å². The van der Waals surface area contributed by atoms with E-state index in [9.17, 15) is 9.18 Å². The molecule has 0 atom stereocenters. The minimum absolute atomic E-state index is 0.00436. The fourth-order valence-corrected chi connectivity index (χ4v) is 2.14. The van der Waals surface area contributed by atoms with Crippen molar-refractivity contribution in [1.29, 1.82) is 0 Å². The topological polar surface area (TPSA) is 40.5 Å². The number of carbonyl (C=O) groups is 1. The predicted molar refractivity (Wildman–Crippen MR) is 67.1 cm³/mol.